The van der Waals surface area contributed by atoms with Crippen molar-refractivity contribution in [3.05, 3.63) is 47.9 Å². The highest BCUT2D eigenvalue weighted by atomic mass is 16.5. The van der Waals surface area contributed by atoms with Crippen LogP contribution in [0.2, 0.25) is 0 Å². The first-order chi connectivity index (χ1) is 11.6. The lowest BCUT2D eigenvalue weighted by Crippen LogP contribution is -2.28. The summed E-state index contributed by atoms with van der Waals surface area (Å²) in [5, 5.41) is 3.25. The first-order valence-electron chi connectivity index (χ1n) is 8.18. The number of benzene rings is 1. The fourth-order valence-electron chi connectivity index (χ4n) is 2.73. The molecule has 0 saturated carbocycles. The zero-order chi connectivity index (χ0) is 16.9. The van der Waals surface area contributed by atoms with Crippen LogP contribution in [0.15, 0.2) is 36.4 Å². The van der Waals surface area contributed by atoms with E-state index >= 15 is 0 Å². The van der Waals surface area contributed by atoms with Crippen molar-refractivity contribution in [2.24, 2.45) is 0 Å². The van der Waals surface area contributed by atoms with Gasteiger partial charge in [-0.15, -0.1) is 0 Å². The summed E-state index contributed by atoms with van der Waals surface area (Å²) in [7, 11) is 1.74. The van der Waals surface area contributed by atoms with Crippen LogP contribution in [0.3, 0.4) is 0 Å². The van der Waals surface area contributed by atoms with Gasteiger partial charge in [0.1, 0.15) is 17.3 Å². The molecule has 1 unspecified atom stereocenters. The van der Waals surface area contributed by atoms with Gasteiger partial charge in [0, 0.05) is 32.0 Å². The number of anilines is 2. The van der Waals surface area contributed by atoms with Gasteiger partial charge in [0.25, 0.3) is 5.91 Å². The van der Waals surface area contributed by atoms with Crippen LogP contribution < -0.4 is 10.2 Å². The van der Waals surface area contributed by atoms with Crippen molar-refractivity contribution in [1.82, 2.24) is 9.97 Å². The summed E-state index contributed by atoms with van der Waals surface area (Å²) in [6.45, 7) is 3.30. The van der Waals surface area contributed by atoms with Crippen LogP contribution in [0, 0.1) is 6.92 Å². The maximum Gasteiger partial charge on any atom is 0.276 e. The molecule has 0 aliphatic carbocycles. The Labute approximate surface area is 141 Å². The van der Waals surface area contributed by atoms with E-state index in [0.717, 1.165) is 25.1 Å². The molecule has 0 radical (unpaired) electrons. The normalized spacial score (nSPS) is 16.8. The SMILES string of the molecule is Cc1nc(NCC2CCCO2)cc(C(=O)N(C)c2ccccc2)n1. The summed E-state index contributed by atoms with van der Waals surface area (Å²) in [5.41, 5.74) is 1.20. The van der Waals surface area contributed by atoms with Gasteiger partial charge in [0.2, 0.25) is 0 Å². The number of rotatable bonds is 5. The standard InChI is InChI=1S/C18H22N4O2/c1-13-20-16(18(23)22(2)14-7-4-3-5-8-14)11-17(21-13)19-12-15-9-6-10-24-15/h3-5,7-8,11,15H,6,9-10,12H2,1-2H3,(H,19,20,21). The maximum atomic E-state index is 12.7. The van der Waals surface area contributed by atoms with Crippen molar-refractivity contribution in [1.29, 1.82) is 0 Å². The van der Waals surface area contributed by atoms with Crippen molar-refractivity contribution in [3.8, 4) is 0 Å². The topological polar surface area (TPSA) is 67.4 Å². The molecule has 0 spiro atoms. The highest BCUT2D eigenvalue weighted by Crippen LogP contribution is 2.17. The molecule has 1 N–H and O–H groups in total. The Balaban J connectivity index is 1.73. The molecule has 1 aromatic heterocycles. The third-order valence-corrected chi connectivity index (χ3v) is 4.04. The van der Waals surface area contributed by atoms with Crippen LogP contribution in [0.4, 0.5) is 11.5 Å². The van der Waals surface area contributed by atoms with E-state index in [9.17, 15) is 4.79 Å². The summed E-state index contributed by atoms with van der Waals surface area (Å²) in [4.78, 5) is 22.9. The van der Waals surface area contributed by atoms with Gasteiger partial charge < -0.3 is 15.0 Å². The van der Waals surface area contributed by atoms with Gasteiger partial charge in [-0.25, -0.2) is 9.97 Å². The zero-order valence-electron chi connectivity index (χ0n) is 14.0. The molecule has 2 heterocycles. The number of carbonyl (C=O) groups is 1. The van der Waals surface area contributed by atoms with Crippen LogP contribution >= 0.6 is 0 Å². The largest absolute Gasteiger partial charge is 0.376 e. The van der Waals surface area contributed by atoms with E-state index in [4.69, 9.17) is 4.74 Å². The lowest BCUT2D eigenvalue weighted by atomic mass is 10.2. The number of nitrogens with zero attached hydrogens (tertiary/aromatic N) is 3. The summed E-state index contributed by atoms with van der Waals surface area (Å²) in [5.74, 6) is 1.06. The minimum Gasteiger partial charge on any atom is -0.376 e. The molecule has 6 nitrogen and oxygen atoms in total. The summed E-state index contributed by atoms with van der Waals surface area (Å²) in [6, 6.07) is 11.2. The van der Waals surface area contributed by atoms with Gasteiger partial charge in [-0.3, -0.25) is 4.79 Å². The Kier molecular flexibility index (Phi) is 5.05. The second kappa shape index (κ2) is 7.40. The van der Waals surface area contributed by atoms with E-state index in [1.165, 1.54) is 0 Å². The highest BCUT2D eigenvalue weighted by molar-refractivity contribution is 6.04. The van der Waals surface area contributed by atoms with E-state index < -0.39 is 0 Å². The third-order valence-electron chi connectivity index (χ3n) is 4.04. The molecule has 1 aliphatic rings. The van der Waals surface area contributed by atoms with Crippen LogP contribution in [-0.4, -0.2) is 42.2 Å². The molecular weight excluding hydrogens is 304 g/mol. The average Bonchev–Trinajstić information content (AvgIpc) is 3.12. The number of carbonyl (C=O) groups excluding carboxylic acids is 1. The van der Waals surface area contributed by atoms with E-state index in [0.29, 0.717) is 23.9 Å². The van der Waals surface area contributed by atoms with Crippen molar-refractivity contribution >= 4 is 17.4 Å². The second-order valence-corrected chi connectivity index (χ2v) is 5.90. The molecular formula is C18H22N4O2. The molecule has 1 amide bonds. The minimum absolute atomic E-state index is 0.160. The van der Waals surface area contributed by atoms with Gasteiger partial charge in [0.15, 0.2) is 0 Å². The van der Waals surface area contributed by atoms with Crippen molar-refractivity contribution in [2.45, 2.75) is 25.9 Å². The number of amides is 1. The quantitative estimate of drug-likeness (QED) is 0.915. The van der Waals surface area contributed by atoms with Crippen LogP contribution in [0.5, 0.6) is 0 Å². The fourth-order valence-corrected chi connectivity index (χ4v) is 2.73. The summed E-state index contributed by atoms with van der Waals surface area (Å²) >= 11 is 0. The van der Waals surface area contributed by atoms with E-state index in [2.05, 4.69) is 15.3 Å². The molecule has 1 aliphatic heterocycles. The lowest BCUT2D eigenvalue weighted by Gasteiger charge is -2.18. The van der Waals surface area contributed by atoms with Crippen molar-refractivity contribution < 1.29 is 9.53 Å². The number of hydrogen-bond donors (Lipinski definition) is 1. The van der Waals surface area contributed by atoms with E-state index in [1.54, 1.807) is 24.9 Å². The molecule has 1 fully saturated rings. The predicted octanol–water partition coefficient (Wildman–Crippen LogP) is 2.65. The van der Waals surface area contributed by atoms with Crippen molar-refractivity contribution in [2.75, 3.05) is 30.4 Å². The number of aryl methyl sites for hydroxylation is 1. The molecule has 6 heteroatoms. The van der Waals surface area contributed by atoms with Crippen molar-refractivity contribution in [3.63, 3.8) is 0 Å². The molecule has 2 aromatic rings. The average molecular weight is 326 g/mol. The smallest absolute Gasteiger partial charge is 0.276 e. The molecule has 126 valence electrons. The molecule has 3 rings (SSSR count). The van der Waals surface area contributed by atoms with Gasteiger partial charge in [-0.2, -0.15) is 0 Å². The highest BCUT2D eigenvalue weighted by Gasteiger charge is 2.18. The van der Waals surface area contributed by atoms with Gasteiger partial charge in [-0.1, -0.05) is 18.2 Å². The minimum atomic E-state index is -0.160. The Morgan fingerprint density at radius 3 is 2.83 bits per heavy atom. The van der Waals surface area contributed by atoms with Crippen LogP contribution in [0.25, 0.3) is 0 Å². The molecule has 1 aromatic carbocycles. The van der Waals surface area contributed by atoms with Gasteiger partial charge in [0.05, 0.1) is 6.10 Å². The van der Waals surface area contributed by atoms with Crippen LogP contribution in [-0.2, 0) is 4.74 Å². The number of hydrogen-bond acceptors (Lipinski definition) is 5. The Bertz CT molecular complexity index is 699. The van der Waals surface area contributed by atoms with Crippen LogP contribution in [0.1, 0.15) is 29.2 Å². The lowest BCUT2D eigenvalue weighted by molar-refractivity contribution is 0.0988. The first kappa shape index (κ1) is 16.4. The number of ether oxygens (including phenoxy) is 1. The van der Waals surface area contributed by atoms with Gasteiger partial charge in [-0.05, 0) is 31.9 Å². The van der Waals surface area contributed by atoms with E-state index in [1.807, 2.05) is 30.3 Å². The third kappa shape index (κ3) is 3.89. The first-order valence-corrected chi connectivity index (χ1v) is 8.18. The fraction of sp³-hybridized carbons (Fsp3) is 0.389. The number of para-hydroxylation sites is 1. The Morgan fingerprint density at radius 1 is 1.33 bits per heavy atom. The molecule has 0 bridgehead atoms. The monoisotopic (exact) mass is 326 g/mol. The Hall–Kier alpha value is -2.47. The van der Waals surface area contributed by atoms with Gasteiger partial charge >= 0.3 is 0 Å². The zero-order valence-corrected chi connectivity index (χ0v) is 14.0. The molecule has 24 heavy (non-hydrogen) atoms. The number of nitrogens with one attached hydrogen (secondary N) is 1. The predicted molar refractivity (Wildman–Crippen MR) is 93.4 cm³/mol. The second-order valence-electron chi connectivity index (χ2n) is 5.90. The molecule has 1 atom stereocenters. The number of aromatic nitrogens is 2. The maximum absolute atomic E-state index is 12.7. The molecule has 1 saturated heterocycles. The summed E-state index contributed by atoms with van der Waals surface area (Å²) < 4.78 is 5.60. The summed E-state index contributed by atoms with van der Waals surface area (Å²) in [6.07, 6.45) is 2.37. The Morgan fingerprint density at radius 2 is 2.12 bits per heavy atom. The van der Waals surface area contributed by atoms with E-state index in [-0.39, 0.29) is 12.0 Å².